The van der Waals surface area contributed by atoms with Gasteiger partial charge in [-0.3, -0.25) is 14.9 Å². The van der Waals surface area contributed by atoms with E-state index in [1.54, 1.807) is 0 Å². The van der Waals surface area contributed by atoms with E-state index < -0.39 is 16.7 Å². The van der Waals surface area contributed by atoms with E-state index in [4.69, 9.17) is 4.42 Å². The first-order valence-electron chi connectivity index (χ1n) is 5.18. The maximum atomic E-state index is 11.5. The molecule has 0 bridgehead atoms. The predicted molar refractivity (Wildman–Crippen MR) is 68.1 cm³/mol. The van der Waals surface area contributed by atoms with Gasteiger partial charge in [-0.2, -0.15) is 0 Å². The summed E-state index contributed by atoms with van der Waals surface area (Å²) in [7, 11) is 3.88. The van der Waals surface area contributed by atoms with Crippen LogP contribution in [0.1, 0.15) is 17.0 Å². The number of hydrogen-bond acceptors (Lipinski definition) is 5. The first-order valence-corrected chi connectivity index (χ1v) is 5.18. The summed E-state index contributed by atoms with van der Waals surface area (Å²) in [5.74, 6) is -0.901. The van der Waals surface area contributed by atoms with Crippen molar-refractivity contribution in [2.24, 2.45) is 0 Å². The normalized spacial score (nSPS) is 9.94. The van der Waals surface area contributed by atoms with Crippen molar-refractivity contribution in [1.29, 1.82) is 0 Å². The van der Waals surface area contributed by atoms with E-state index in [9.17, 15) is 14.9 Å². The minimum Gasteiger partial charge on any atom is -0.395 e. The van der Waals surface area contributed by atoms with E-state index >= 15 is 0 Å². The number of nitrogens with one attached hydrogen (secondary N) is 1. The third kappa shape index (κ3) is 5.15. The van der Waals surface area contributed by atoms with Gasteiger partial charge in [0.05, 0.1) is 6.07 Å². The zero-order valence-electron chi connectivity index (χ0n) is 10.2. The molecule has 1 N–H and O–H groups in total. The summed E-state index contributed by atoms with van der Waals surface area (Å²) in [5, 5.41) is 13.0. The number of carbonyl (C=O) groups is 1. The second kappa shape index (κ2) is 7.67. The van der Waals surface area contributed by atoms with Gasteiger partial charge in [0.2, 0.25) is 0 Å². The van der Waals surface area contributed by atoms with Crippen LogP contribution in [0.3, 0.4) is 0 Å². The number of nitro groups is 1. The van der Waals surface area contributed by atoms with E-state index in [1.807, 2.05) is 19.0 Å². The van der Waals surface area contributed by atoms with Crippen LogP contribution in [-0.4, -0.2) is 42.9 Å². The van der Waals surface area contributed by atoms with Crippen LogP contribution < -0.4 is 5.32 Å². The molecule has 0 atom stereocenters. The van der Waals surface area contributed by atoms with Crippen LogP contribution in [0.4, 0.5) is 5.88 Å². The Labute approximate surface area is 111 Å². The van der Waals surface area contributed by atoms with Crippen molar-refractivity contribution in [2.75, 3.05) is 27.2 Å². The van der Waals surface area contributed by atoms with Crippen LogP contribution in [0.2, 0.25) is 0 Å². The van der Waals surface area contributed by atoms with Crippen molar-refractivity contribution in [3.05, 3.63) is 28.0 Å². The van der Waals surface area contributed by atoms with Gasteiger partial charge in [-0.1, -0.05) is 0 Å². The maximum Gasteiger partial charge on any atom is 0.433 e. The minimum absolute atomic E-state index is 0. The molecule has 0 radical (unpaired) electrons. The van der Waals surface area contributed by atoms with Crippen molar-refractivity contribution in [3.8, 4) is 0 Å². The Morgan fingerprint density at radius 3 is 2.67 bits per heavy atom. The Hall–Kier alpha value is -1.60. The molecule has 0 unspecified atom stereocenters. The highest BCUT2D eigenvalue weighted by molar-refractivity contribution is 5.91. The molecule has 8 heteroatoms. The van der Waals surface area contributed by atoms with Gasteiger partial charge in [-0.15, -0.1) is 12.4 Å². The molecule has 0 aliphatic heterocycles. The number of nitrogens with zero attached hydrogens (tertiary/aromatic N) is 2. The summed E-state index contributed by atoms with van der Waals surface area (Å²) in [6.45, 7) is 1.37. The SMILES string of the molecule is CN(C)CCCNC(=O)c1ccc([N+](=O)[O-])o1.Cl. The van der Waals surface area contributed by atoms with E-state index in [2.05, 4.69) is 5.32 Å². The first kappa shape index (κ1) is 16.4. The molecule has 0 spiro atoms. The average molecular weight is 278 g/mol. The quantitative estimate of drug-likeness (QED) is 0.481. The fourth-order valence-electron chi connectivity index (χ4n) is 1.23. The molecule has 1 aromatic rings. The fraction of sp³-hybridized carbons (Fsp3) is 0.500. The smallest absolute Gasteiger partial charge is 0.395 e. The zero-order valence-corrected chi connectivity index (χ0v) is 11.0. The van der Waals surface area contributed by atoms with Gasteiger partial charge < -0.3 is 14.6 Å². The lowest BCUT2D eigenvalue weighted by molar-refractivity contribution is -0.402. The standard InChI is InChI=1S/C10H15N3O4.ClH/c1-12(2)7-3-6-11-10(14)8-4-5-9(17-8)13(15)16;/h4-5H,3,6-7H2,1-2H3,(H,11,14);1H. The van der Waals surface area contributed by atoms with Gasteiger partial charge in [0.1, 0.15) is 4.92 Å². The summed E-state index contributed by atoms with van der Waals surface area (Å²) in [4.78, 5) is 23.2. The van der Waals surface area contributed by atoms with Crippen LogP contribution in [0, 0.1) is 10.1 Å². The largest absolute Gasteiger partial charge is 0.433 e. The van der Waals surface area contributed by atoms with Crippen LogP contribution in [0.25, 0.3) is 0 Å². The molecule has 0 fully saturated rings. The molecule has 0 aliphatic carbocycles. The van der Waals surface area contributed by atoms with Crippen LogP contribution in [-0.2, 0) is 0 Å². The van der Waals surface area contributed by atoms with Gasteiger partial charge in [-0.05, 0) is 33.1 Å². The molecule has 0 aromatic carbocycles. The van der Waals surface area contributed by atoms with E-state index in [-0.39, 0.29) is 18.2 Å². The van der Waals surface area contributed by atoms with Crippen molar-refractivity contribution < 1.29 is 14.1 Å². The fourth-order valence-corrected chi connectivity index (χ4v) is 1.23. The van der Waals surface area contributed by atoms with Crippen LogP contribution in [0.15, 0.2) is 16.5 Å². The maximum absolute atomic E-state index is 11.5. The van der Waals surface area contributed by atoms with Crippen LogP contribution >= 0.6 is 12.4 Å². The van der Waals surface area contributed by atoms with Gasteiger partial charge in [0.15, 0.2) is 5.76 Å². The Kier molecular flexibility index (Phi) is 6.99. The second-order valence-corrected chi connectivity index (χ2v) is 3.81. The molecule has 1 amide bonds. The molecule has 1 heterocycles. The highest BCUT2D eigenvalue weighted by Gasteiger charge is 2.16. The van der Waals surface area contributed by atoms with Gasteiger partial charge in [-0.25, -0.2) is 0 Å². The molecule has 18 heavy (non-hydrogen) atoms. The summed E-state index contributed by atoms with van der Waals surface area (Å²) in [6.07, 6.45) is 0.807. The van der Waals surface area contributed by atoms with E-state index in [0.717, 1.165) is 19.0 Å². The minimum atomic E-state index is -0.678. The average Bonchev–Trinajstić information content (AvgIpc) is 2.73. The molecular formula is C10H16ClN3O4. The number of hydrogen-bond donors (Lipinski definition) is 1. The topological polar surface area (TPSA) is 88.6 Å². The number of halogens is 1. The van der Waals surface area contributed by atoms with Gasteiger partial charge in [0.25, 0.3) is 5.91 Å². The molecule has 0 aliphatic rings. The van der Waals surface area contributed by atoms with Gasteiger partial charge >= 0.3 is 5.88 Å². The number of rotatable bonds is 6. The lowest BCUT2D eigenvalue weighted by Gasteiger charge is -2.08. The van der Waals surface area contributed by atoms with E-state index in [1.165, 1.54) is 6.07 Å². The summed E-state index contributed by atoms with van der Waals surface area (Å²) >= 11 is 0. The monoisotopic (exact) mass is 277 g/mol. The lowest BCUT2D eigenvalue weighted by atomic mass is 10.3. The van der Waals surface area contributed by atoms with Crippen molar-refractivity contribution >= 4 is 24.2 Å². The Balaban J connectivity index is 0.00000289. The summed E-state index contributed by atoms with van der Waals surface area (Å²) in [5.41, 5.74) is 0. The van der Waals surface area contributed by atoms with Crippen molar-refractivity contribution in [3.63, 3.8) is 0 Å². The third-order valence-corrected chi connectivity index (χ3v) is 2.06. The van der Waals surface area contributed by atoms with Crippen LogP contribution in [0.5, 0.6) is 0 Å². The number of amides is 1. The Morgan fingerprint density at radius 2 is 2.17 bits per heavy atom. The summed E-state index contributed by atoms with van der Waals surface area (Å²) in [6, 6.07) is 2.45. The lowest BCUT2D eigenvalue weighted by Crippen LogP contribution is -2.26. The molecular weight excluding hydrogens is 262 g/mol. The molecule has 0 saturated heterocycles. The van der Waals surface area contributed by atoms with Crippen molar-refractivity contribution in [1.82, 2.24) is 10.2 Å². The highest BCUT2D eigenvalue weighted by atomic mass is 35.5. The molecule has 0 saturated carbocycles. The first-order chi connectivity index (χ1) is 8.00. The molecule has 102 valence electrons. The second-order valence-electron chi connectivity index (χ2n) is 3.81. The van der Waals surface area contributed by atoms with Crippen molar-refractivity contribution in [2.45, 2.75) is 6.42 Å². The molecule has 7 nitrogen and oxygen atoms in total. The molecule has 1 aromatic heterocycles. The zero-order chi connectivity index (χ0) is 12.8. The van der Waals surface area contributed by atoms with E-state index in [0.29, 0.717) is 6.54 Å². The van der Waals surface area contributed by atoms with Gasteiger partial charge in [0, 0.05) is 6.54 Å². The summed E-state index contributed by atoms with van der Waals surface area (Å²) < 4.78 is 4.76. The Morgan fingerprint density at radius 1 is 1.50 bits per heavy atom. The Bertz CT molecular complexity index is 406. The number of carbonyl (C=O) groups excluding carboxylic acids is 1. The third-order valence-electron chi connectivity index (χ3n) is 2.06. The number of furan rings is 1. The predicted octanol–water partition coefficient (Wildman–Crippen LogP) is 1.29. The highest BCUT2D eigenvalue weighted by Crippen LogP contribution is 2.15. The molecule has 1 rings (SSSR count).